The molecule has 2 N–H and O–H groups in total. The smallest absolute Gasteiger partial charge is 0.221 e. The van der Waals surface area contributed by atoms with Crippen LogP contribution in [0.2, 0.25) is 0 Å². The number of piperazine rings is 1. The molecule has 1 aliphatic heterocycles. The topological polar surface area (TPSA) is 44.4 Å². The van der Waals surface area contributed by atoms with E-state index in [0.29, 0.717) is 12.5 Å². The normalized spacial score (nSPS) is 23.4. The van der Waals surface area contributed by atoms with E-state index in [2.05, 4.69) is 29.5 Å². The predicted octanol–water partition coefficient (Wildman–Crippen LogP) is -0.194. The van der Waals surface area contributed by atoms with Crippen molar-refractivity contribution in [2.24, 2.45) is 0 Å². The Labute approximate surface area is 86.0 Å². The molecule has 1 fully saturated rings. The first-order chi connectivity index (χ1) is 6.72. The second-order valence-corrected chi connectivity index (χ2v) is 3.97. The van der Waals surface area contributed by atoms with Crippen LogP contribution in [0.1, 0.15) is 19.8 Å². The van der Waals surface area contributed by atoms with E-state index in [4.69, 9.17) is 0 Å². The number of carbonyl (C=O) groups is 1. The molecule has 0 aromatic heterocycles. The Bertz CT molecular complexity index is 184. The van der Waals surface area contributed by atoms with Gasteiger partial charge in [-0.25, -0.2) is 0 Å². The Hall–Kier alpha value is -0.610. The summed E-state index contributed by atoms with van der Waals surface area (Å²) in [7, 11) is 2.10. The highest BCUT2D eigenvalue weighted by molar-refractivity contribution is 5.76. The van der Waals surface area contributed by atoms with Crippen LogP contribution in [0.4, 0.5) is 0 Å². The second kappa shape index (κ2) is 5.98. The largest absolute Gasteiger partial charge is 0.356 e. The molecule has 14 heavy (non-hydrogen) atoms. The minimum atomic E-state index is 0.166. The fourth-order valence-electron chi connectivity index (χ4n) is 1.69. The molecule has 1 heterocycles. The third-order valence-corrected chi connectivity index (χ3v) is 2.46. The summed E-state index contributed by atoms with van der Waals surface area (Å²) in [5.41, 5.74) is 0. The van der Waals surface area contributed by atoms with Crippen LogP contribution in [-0.2, 0) is 4.79 Å². The van der Waals surface area contributed by atoms with Crippen molar-refractivity contribution in [1.82, 2.24) is 15.5 Å². The summed E-state index contributed by atoms with van der Waals surface area (Å²) in [6, 6.07) is 0.325. The minimum Gasteiger partial charge on any atom is -0.356 e. The number of hydrogen-bond acceptors (Lipinski definition) is 3. The van der Waals surface area contributed by atoms with Gasteiger partial charge in [0.1, 0.15) is 0 Å². The van der Waals surface area contributed by atoms with Gasteiger partial charge in [0.25, 0.3) is 0 Å². The number of nitrogens with zero attached hydrogens (tertiary/aromatic N) is 1. The van der Waals surface area contributed by atoms with Crippen LogP contribution in [0.25, 0.3) is 0 Å². The van der Waals surface area contributed by atoms with Gasteiger partial charge in [-0.2, -0.15) is 0 Å². The Morgan fingerprint density at radius 1 is 1.64 bits per heavy atom. The maximum absolute atomic E-state index is 11.4. The summed E-state index contributed by atoms with van der Waals surface area (Å²) < 4.78 is 0. The van der Waals surface area contributed by atoms with Gasteiger partial charge in [0, 0.05) is 38.6 Å². The van der Waals surface area contributed by atoms with E-state index in [0.717, 1.165) is 32.6 Å². The molecular formula is C10H21N3O. The molecular weight excluding hydrogens is 178 g/mol. The van der Waals surface area contributed by atoms with Crippen molar-refractivity contribution in [3.63, 3.8) is 0 Å². The zero-order valence-corrected chi connectivity index (χ0v) is 9.18. The van der Waals surface area contributed by atoms with Crippen molar-refractivity contribution in [2.45, 2.75) is 25.8 Å². The molecule has 0 spiro atoms. The first kappa shape index (κ1) is 11.5. The Kier molecular flexibility index (Phi) is 4.90. The fraction of sp³-hybridized carbons (Fsp3) is 0.900. The van der Waals surface area contributed by atoms with E-state index >= 15 is 0 Å². The van der Waals surface area contributed by atoms with E-state index in [-0.39, 0.29) is 5.91 Å². The van der Waals surface area contributed by atoms with Gasteiger partial charge in [-0.15, -0.1) is 0 Å². The second-order valence-electron chi connectivity index (χ2n) is 3.97. The van der Waals surface area contributed by atoms with Crippen molar-refractivity contribution in [1.29, 1.82) is 0 Å². The zero-order chi connectivity index (χ0) is 10.4. The molecule has 1 unspecified atom stereocenters. The van der Waals surface area contributed by atoms with Crippen LogP contribution in [0.15, 0.2) is 0 Å². The first-order valence-electron chi connectivity index (χ1n) is 5.41. The number of rotatable bonds is 4. The van der Waals surface area contributed by atoms with Crippen molar-refractivity contribution >= 4 is 5.91 Å². The van der Waals surface area contributed by atoms with Crippen LogP contribution in [0, 0.1) is 0 Å². The number of likely N-dealkylation sites (N-methyl/N-ethyl adjacent to an activating group) is 1. The van der Waals surface area contributed by atoms with Crippen LogP contribution < -0.4 is 10.6 Å². The summed E-state index contributed by atoms with van der Waals surface area (Å²) in [5.74, 6) is 0.166. The lowest BCUT2D eigenvalue weighted by atomic mass is 10.1. The van der Waals surface area contributed by atoms with Crippen LogP contribution in [0.3, 0.4) is 0 Å². The summed E-state index contributed by atoms with van der Waals surface area (Å²) in [4.78, 5) is 13.7. The van der Waals surface area contributed by atoms with Gasteiger partial charge in [-0.3, -0.25) is 4.79 Å². The number of amides is 1. The Balaban J connectivity index is 2.18. The number of carbonyl (C=O) groups excluding carboxylic acids is 1. The highest BCUT2D eigenvalue weighted by atomic mass is 16.1. The fourth-order valence-corrected chi connectivity index (χ4v) is 1.69. The van der Waals surface area contributed by atoms with E-state index in [1.165, 1.54) is 0 Å². The van der Waals surface area contributed by atoms with Gasteiger partial charge in [0.05, 0.1) is 0 Å². The lowest BCUT2D eigenvalue weighted by Gasteiger charge is -2.30. The molecule has 1 atom stereocenters. The average Bonchev–Trinajstić information content (AvgIpc) is 2.15. The zero-order valence-electron chi connectivity index (χ0n) is 9.18. The van der Waals surface area contributed by atoms with Gasteiger partial charge in [-0.05, 0) is 13.5 Å². The highest BCUT2D eigenvalue weighted by Crippen LogP contribution is 2.00. The molecule has 0 aromatic carbocycles. The van der Waals surface area contributed by atoms with E-state index in [9.17, 15) is 4.79 Å². The molecule has 0 saturated carbocycles. The summed E-state index contributed by atoms with van der Waals surface area (Å²) in [6.45, 7) is 5.89. The summed E-state index contributed by atoms with van der Waals surface area (Å²) in [5, 5.41) is 6.25. The van der Waals surface area contributed by atoms with E-state index < -0.39 is 0 Å². The summed E-state index contributed by atoms with van der Waals surface area (Å²) >= 11 is 0. The molecule has 1 amide bonds. The quantitative estimate of drug-likeness (QED) is 0.659. The van der Waals surface area contributed by atoms with Gasteiger partial charge < -0.3 is 15.5 Å². The van der Waals surface area contributed by atoms with Gasteiger partial charge in [0.2, 0.25) is 5.91 Å². The maximum Gasteiger partial charge on any atom is 0.221 e. The molecule has 82 valence electrons. The molecule has 4 nitrogen and oxygen atoms in total. The minimum absolute atomic E-state index is 0.166. The number of nitrogens with one attached hydrogen (secondary N) is 2. The molecule has 1 rings (SSSR count). The highest BCUT2D eigenvalue weighted by Gasteiger charge is 2.18. The van der Waals surface area contributed by atoms with Gasteiger partial charge >= 0.3 is 0 Å². The standard InChI is InChI=1S/C10H21N3O/c1-3-4-12-10(14)7-9-8-13(2)6-5-11-9/h9,11H,3-8H2,1-2H3,(H,12,14). The molecule has 1 saturated heterocycles. The lowest BCUT2D eigenvalue weighted by molar-refractivity contribution is -0.121. The van der Waals surface area contributed by atoms with Crippen molar-refractivity contribution in [3.05, 3.63) is 0 Å². The lowest BCUT2D eigenvalue weighted by Crippen LogP contribution is -2.50. The van der Waals surface area contributed by atoms with E-state index in [1.54, 1.807) is 0 Å². The molecule has 0 bridgehead atoms. The van der Waals surface area contributed by atoms with Crippen LogP contribution in [0.5, 0.6) is 0 Å². The van der Waals surface area contributed by atoms with Crippen LogP contribution in [-0.4, -0.2) is 50.1 Å². The molecule has 0 aromatic rings. The van der Waals surface area contributed by atoms with Crippen molar-refractivity contribution in [3.8, 4) is 0 Å². The molecule has 0 radical (unpaired) electrons. The third kappa shape index (κ3) is 4.07. The summed E-state index contributed by atoms with van der Waals surface area (Å²) in [6.07, 6.45) is 1.61. The van der Waals surface area contributed by atoms with Crippen molar-refractivity contribution in [2.75, 3.05) is 33.2 Å². The van der Waals surface area contributed by atoms with E-state index in [1.807, 2.05) is 0 Å². The third-order valence-electron chi connectivity index (χ3n) is 2.46. The average molecular weight is 199 g/mol. The molecule has 1 aliphatic rings. The first-order valence-corrected chi connectivity index (χ1v) is 5.41. The SMILES string of the molecule is CCCNC(=O)CC1CN(C)CCN1. The molecule has 4 heteroatoms. The van der Waals surface area contributed by atoms with Gasteiger partial charge in [0.15, 0.2) is 0 Å². The van der Waals surface area contributed by atoms with Crippen LogP contribution >= 0.6 is 0 Å². The molecule has 0 aliphatic carbocycles. The maximum atomic E-state index is 11.4. The monoisotopic (exact) mass is 199 g/mol. The Morgan fingerprint density at radius 2 is 2.43 bits per heavy atom. The van der Waals surface area contributed by atoms with Gasteiger partial charge in [-0.1, -0.05) is 6.92 Å². The Morgan fingerprint density at radius 3 is 3.07 bits per heavy atom. The predicted molar refractivity (Wildman–Crippen MR) is 57.2 cm³/mol. The van der Waals surface area contributed by atoms with Crippen molar-refractivity contribution < 1.29 is 4.79 Å². The number of hydrogen-bond donors (Lipinski definition) is 2.